The van der Waals surface area contributed by atoms with Crippen LogP contribution in [0.25, 0.3) is 0 Å². The first-order valence-corrected chi connectivity index (χ1v) is 7.06. The van der Waals surface area contributed by atoms with Gasteiger partial charge in [-0.25, -0.2) is 0 Å². The number of hydrogen-bond acceptors (Lipinski definition) is 2. The lowest BCUT2D eigenvalue weighted by Gasteiger charge is -2.54. The van der Waals surface area contributed by atoms with Crippen LogP contribution < -0.4 is 5.73 Å². The first-order chi connectivity index (χ1) is 9.49. The van der Waals surface area contributed by atoms with Crippen molar-refractivity contribution in [3.8, 4) is 0 Å². The number of benzene rings is 2. The first-order valence-electron chi connectivity index (χ1n) is 6.31. The van der Waals surface area contributed by atoms with Gasteiger partial charge in [0.15, 0.2) is 10.1 Å². The Labute approximate surface area is 127 Å². The van der Waals surface area contributed by atoms with Gasteiger partial charge in [0.2, 0.25) is 0 Å². The van der Waals surface area contributed by atoms with Gasteiger partial charge in [0, 0.05) is 0 Å². The van der Waals surface area contributed by atoms with E-state index in [2.05, 4.69) is 0 Å². The summed E-state index contributed by atoms with van der Waals surface area (Å²) in [7, 11) is 0. The van der Waals surface area contributed by atoms with Crippen LogP contribution in [0.4, 0.5) is 0 Å². The molecule has 1 aliphatic rings. The highest BCUT2D eigenvalue weighted by atomic mass is 35.5. The number of alkyl halides is 2. The molecule has 3 rings (SSSR count). The second-order valence-corrected chi connectivity index (χ2v) is 6.34. The molecule has 0 saturated heterocycles. The lowest BCUT2D eigenvalue weighted by atomic mass is 9.59. The Morgan fingerprint density at radius 1 is 0.900 bits per heavy atom. The van der Waals surface area contributed by atoms with E-state index >= 15 is 0 Å². The summed E-state index contributed by atoms with van der Waals surface area (Å²) < 4.78 is -1.60. The minimum Gasteiger partial charge on any atom is -0.318 e. The van der Waals surface area contributed by atoms with Crippen molar-refractivity contribution in [1.82, 2.24) is 0 Å². The van der Waals surface area contributed by atoms with Crippen molar-refractivity contribution in [3.05, 3.63) is 71.8 Å². The monoisotopic (exact) mass is 305 g/mol. The van der Waals surface area contributed by atoms with E-state index in [0.29, 0.717) is 0 Å². The molecule has 2 N–H and O–H groups in total. The molecule has 1 aliphatic carbocycles. The number of nitrogens with two attached hydrogens (primary N) is 1. The number of ketones is 1. The predicted molar refractivity (Wildman–Crippen MR) is 80.9 cm³/mol. The van der Waals surface area contributed by atoms with Crippen LogP contribution in [0.5, 0.6) is 0 Å². The van der Waals surface area contributed by atoms with Crippen molar-refractivity contribution >= 4 is 29.0 Å². The molecule has 1 fully saturated rings. The largest absolute Gasteiger partial charge is 0.318 e. The van der Waals surface area contributed by atoms with Crippen LogP contribution in [-0.4, -0.2) is 10.1 Å². The van der Waals surface area contributed by atoms with Gasteiger partial charge in [0.05, 0.1) is 11.5 Å². The highest BCUT2D eigenvalue weighted by Crippen LogP contribution is 2.60. The van der Waals surface area contributed by atoms with Gasteiger partial charge in [-0.3, -0.25) is 4.79 Å². The fourth-order valence-corrected chi connectivity index (χ4v) is 3.47. The molecule has 1 saturated carbocycles. The Morgan fingerprint density at radius 3 is 1.95 bits per heavy atom. The Balaban J connectivity index is 2.14. The minimum atomic E-state index is -1.60. The van der Waals surface area contributed by atoms with E-state index in [0.717, 1.165) is 11.1 Å². The van der Waals surface area contributed by atoms with Crippen LogP contribution in [0.15, 0.2) is 60.7 Å². The molecular weight excluding hydrogens is 293 g/mol. The summed E-state index contributed by atoms with van der Waals surface area (Å²) in [6.07, 6.45) is 0. The Kier molecular flexibility index (Phi) is 3.13. The van der Waals surface area contributed by atoms with Gasteiger partial charge in [-0.15, -0.1) is 0 Å². The topological polar surface area (TPSA) is 43.1 Å². The SMILES string of the molecule is NC1(c2ccccc2)C(c2ccccc2)C(=O)C1(Cl)Cl. The van der Waals surface area contributed by atoms with Gasteiger partial charge < -0.3 is 5.73 Å². The summed E-state index contributed by atoms with van der Waals surface area (Å²) in [5.74, 6) is -0.778. The Morgan fingerprint density at radius 2 is 1.40 bits per heavy atom. The van der Waals surface area contributed by atoms with Gasteiger partial charge in [-0.1, -0.05) is 83.9 Å². The lowest BCUT2D eigenvalue weighted by molar-refractivity contribution is -0.132. The van der Waals surface area contributed by atoms with Crippen molar-refractivity contribution in [2.45, 2.75) is 15.8 Å². The molecule has 0 bridgehead atoms. The number of hydrogen-bond donors (Lipinski definition) is 1. The summed E-state index contributed by atoms with van der Waals surface area (Å²) in [4.78, 5) is 12.3. The third-order valence-corrected chi connectivity index (χ3v) is 4.93. The third-order valence-electron chi connectivity index (χ3n) is 3.93. The number of halogens is 2. The second-order valence-electron chi connectivity index (χ2n) is 5.02. The minimum absolute atomic E-state index is 0.251. The number of carbonyl (C=O) groups excluding carboxylic acids is 1. The molecular formula is C16H13Cl2NO. The van der Waals surface area contributed by atoms with Crippen molar-refractivity contribution in [3.63, 3.8) is 0 Å². The van der Waals surface area contributed by atoms with Gasteiger partial charge in [0.25, 0.3) is 0 Å². The maximum absolute atomic E-state index is 12.3. The van der Waals surface area contributed by atoms with E-state index in [-0.39, 0.29) is 5.78 Å². The van der Waals surface area contributed by atoms with Crippen molar-refractivity contribution in [1.29, 1.82) is 0 Å². The van der Waals surface area contributed by atoms with Crippen LogP contribution in [0.2, 0.25) is 0 Å². The summed E-state index contributed by atoms with van der Waals surface area (Å²) in [5, 5.41) is 0. The van der Waals surface area contributed by atoms with Gasteiger partial charge >= 0.3 is 0 Å². The quantitative estimate of drug-likeness (QED) is 0.864. The van der Waals surface area contributed by atoms with E-state index in [1.54, 1.807) is 0 Å². The number of carbonyl (C=O) groups is 1. The fourth-order valence-electron chi connectivity index (χ4n) is 2.82. The number of Topliss-reactive ketones (excluding diaryl/α,β-unsaturated/α-hetero) is 1. The Bertz CT molecular complexity index is 642. The number of rotatable bonds is 2. The third kappa shape index (κ3) is 1.65. The summed E-state index contributed by atoms with van der Waals surface area (Å²) in [5.41, 5.74) is 6.97. The summed E-state index contributed by atoms with van der Waals surface area (Å²) in [6, 6.07) is 18.7. The lowest BCUT2D eigenvalue weighted by Crippen LogP contribution is -2.71. The highest BCUT2D eigenvalue weighted by molar-refractivity contribution is 6.62. The van der Waals surface area contributed by atoms with E-state index in [9.17, 15) is 4.79 Å². The normalized spacial score (nSPS) is 27.9. The van der Waals surface area contributed by atoms with Gasteiger partial charge in [-0.05, 0) is 11.1 Å². The van der Waals surface area contributed by atoms with Crippen molar-refractivity contribution in [2.24, 2.45) is 5.73 Å². The molecule has 2 nitrogen and oxygen atoms in total. The predicted octanol–water partition coefficient (Wildman–Crippen LogP) is 3.38. The van der Waals surface area contributed by atoms with Crippen LogP contribution in [0.1, 0.15) is 17.0 Å². The molecule has 0 heterocycles. The molecule has 2 aromatic carbocycles. The maximum atomic E-state index is 12.3. The Hall–Kier alpha value is -1.35. The molecule has 2 unspecified atom stereocenters. The van der Waals surface area contributed by atoms with Crippen LogP contribution >= 0.6 is 23.2 Å². The molecule has 0 aromatic heterocycles. The molecule has 0 amide bonds. The molecule has 2 atom stereocenters. The first kappa shape index (κ1) is 13.6. The van der Waals surface area contributed by atoms with E-state index in [1.165, 1.54) is 0 Å². The van der Waals surface area contributed by atoms with E-state index in [4.69, 9.17) is 28.9 Å². The zero-order chi connectivity index (χ0) is 14.4. The van der Waals surface area contributed by atoms with Crippen LogP contribution in [-0.2, 0) is 10.3 Å². The molecule has 2 aromatic rings. The molecule has 0 radical (unpaired) electrons. The second kappa shape index (κ2) is 4.59. The highest BCUT2D eigenvalue weighted by Gasteiger charge is 2.70. The van der Waals surface area contributed by atoms with Gasteiger partial charge in [-0.2, -0.15) is 0 Å². The van der Waals surface area contributed by atoms with E-state index in [1.807, 2.05) is 60.7 Å². The zero-order valence-electron chi connectivity index (χ0n) is 10.6. The molecule has 102 valence electrons. The van der Waals surface area contributed by atoms with Crippen molar-refractivity contribution in [2.75, 3.05) is 0 Å². The molecule has 0 spiro atoms. The summed E-state index contributed by atoms with van der Waals surface area (Å²) >= 11 is 12.5. The van der Waals surface area contributed by atoms with Crippen molar-refractivity contribution < 1.29 is 4.79 Å². The molecule has 20 heavy (non-hydrogen) atoms. The maximum Gasteiger partial charge on any atom is 0.199 e. The average molecular weight is 306 g/mol. The molecule has 4 heteroatoms. The smallest absolute Gasteiger partial charge is 0.199 e. The summed E-state index contributed by atoms with van der Waals surface area (Å²) in [6.45, 7) is 0. The van der Waals surface area contributed by atoms with Crippen LogP contribution in [0, 0.1) is 0 Å². The van der Waals surface area contributed by atoms with Gasteiger partial charge in [0.1, 0.15) is 0 Å². The zero-order valence-corrected chi connectivity index (χ0v) is 12.1. The average Bonchev–Trinajstić information content (AvgIpc) is 2.49. The standard InChI is InChI=1S/C16H13Cl2NO/c17-16(18)14(20)13(11-7-3-1-4-8-11)15(16,19)12-9-5-2-6-10-12/h1-10,13H,19H2. The van der Waals surface area contributed by atoms with Crippen LogP contribution in [0.3, 0.4) is 0 Å². The fraction of sp³-hybridized carbons (Fsp3) is 0.188. The van der Waals surface area contributed by atoms with E-state index < -0.39 is 15.8 Å². The molecule has 0 aliphatic heterocycles.